The van der Waals surface area contributed by atoms with Crippen molar-refractivity contribution in [1.29, 1.82) is 0 Å². The minimum atomic E-state index is -1.29. The first-order valence-electron chi connectivity index (χ1n) is 13.6. The summed E-state index contributed by atoms with van der Waals surface area (Å²) in [5.74, 6) is -4.00. The third-order valence-corrected chi connectivity index (χ3v) is 6.43. The van der Waals surface area contributed by atoms with Crippen LogP contribution in [-0.4, -0.2) is 65.4 Å². The molecule has 12 heteroatoms. The summed E-state index contributed by atoms with van der Waals surface area (Å²) in [6, 6.07) is 13.1. The lowest BCUT2D eigenvalue weighted by molar-refractivity contribution is -0.142. The Morgan fingerprint density at radius 3 is 1.68 bits per heavy atom. The summed E-state index contributed by atoms with van der Waals surface area (Å²) in [6.07, 6.45) is 1.42. The fourth-order valence-corrected chi connectivity index (χ4v) is 4.13. The number of carbonyl (C=O) groups is 5. The molecule has 0 aliphatic carbocycles. The van der Waals surface area contributed by atoms with E-state index in [4.69, 9.17) is 17.2 Å². The van der Waals surface area contributed by atoms with Gasteiger partial charge in [0.1, 0.15) is 18.1 Å². The summed E-state index contributed by atoms with van der Waals surface area (Å²) in [7, 11) is 0. The maximum absolute atomic E-state index is 13.4. The lowest BCUT2D eigenvalue weighted by Gasteiger charge is -2.25. The lowest BCUT2D eigenvalue weighted by Crippen LogP contribution is -2.57. The highest BCUT2D eigenvalue weighted by molar-refractivity contribution is 5.94. The van der Waals surface area contributed by atoms with Crippen LogP contribution in [0.25, 0.3) is 0 Å². The zero-order chi connectivity index (χ0) is 30.2. The Labute approximate surface area is 239 Å². The summed E-state index contributed by atoms with van der Waals surface area (Å²) in [5, 5.41) is 17.4. The van der Waals surface area contributed by atoms with Crippen LogP contribution in [-0.2, 0) is 36.8 Å². The van der Waals surface area contributed by atoms with Gasteiger partial charge in [0.05, 0.1) is 6.04 Å². The Morgan fingerprint density at radius 2 is 1.17 bits per heavy atom. The molecule has 0 fully saturated rings. The van der Waals surface area contributed by atoms with Gasteiger partial charge in [-0.2, -0.15) is 0 Å². The quantitative estimate of drug-likeness (QED) is 0.118. The Balaban J connectivity index is 2.21. The average molecular weight is 569 g/mol. The maximum Gasteiger partial charge on any atom is 0.326 e. The standard InChI is InChI=1S/C29H40N6O6/c30-16-8-7-13-21(31)26(37)34-23(17-19-9-3-1-4-10-19)28(39)33-22(14-15-25(32)36)27(38)35-24(29(40)41)18-20-11-5-2-6-12-20/h1-6,9-12,21-24H,7-8,13-18,30-31H2,(H2,32,36)(H,33,39)(H,34,37)(H,35,38)(H,40,41)/t21-,22-,23-,24-/m0/s1. The number of carbonyl (C=O) groups excluding carboxylic acids is 4. The van der Waals surface area contributed by atoms with Crippen LogP contribution in [0.4, 0.5) is 0 Å². The van der Waals surface area contributed by atoms with Gasteiger partial charge in [0.15, 0.2) is 0 Å². The van der Waals surface area contributed by atoms with E-state index in [0.29, 0.717) is 31.4 Å². The molecule has 10 N–H and O–H groups in total. The molecule has 0 saturated carbocycles. The fourth-order valence-electron chi connectivity index (χ4n) is 4.13. The van der Waals surface area contributed by atoms with Crippen LogP contribution in [0.5, 0.6) is 0 Å². The van der Waals surface area contributed by atoms with Gasteiger partial charge in [-0.3, -0.25) is 19.2 Å². The molecule has 0 aromatic heterocycles. The van der Waals surface area contributed by atoms with E-state index in [1.165, 1.54) is 0 Å². The molecule has 2 aromatic carbocycles. The zero-order valence-corrected chi connectivity index (χ0v) is 23.0. The van der Waals surface area contributed by atoms with Gasteiger partial charge in [-0.1, -0.05) is 67.1 Å². The molecule has 2 aromatic rings. The second-order valence-electron chi connectivity index (χ2n) is 9.80. The van der Waals surface area contributed by atoms with Crippen molar-refractivity contribution in [3.8, 4) is 0 Å². The molecule has 4 atom stereocenters. The summed E-state index contributed by atoms with van der Waals surface area (Å²) in [6.45, 7) is 0.468. The van der Waals surface area contributed by atoms with Gasteiger partial charge in [-0.25, -0.2) is 4.79 Å². The average Bonchev–Trinajstić information content (AvgIpc) is 2.95. The van der Waals surface area contributed by atoms with Gasteiger partial charge in [-0.15, -0.1) is 0 Å². The van der Waals surface area contributed by atoms with Gasteiger partial charge in [0.25, 0.3) is 0 Å². The first-order chi connectivity index (χ1) is 19.6. The number of carboxylic acid groups (broad SMARTS) is 1. The first-order valence-corrected chi connectivity index (χ1v) is 13.6. The summed E-state index contributed by atoms with van der Waals surface area (Å²) in [4.78, 5) is 62.8. The van der Waals surface area contributed by atoms with Crippen molar-refractivity contribution in [1.82, 2.24) is 16.0 Å². The number of primary amides is 1. The van der Waals surface area contributed by atoms with Gasteiger partial charge >= 0.3 is 5.97 Å². The monoisotopic (exact) mass is 568 g/mol. The van der Waals surface area contributed by atoms with Crippen molar-refractivity contribution in [2.75, 3.05) is 6.54 Å². The van der Waals surface area contributed by atoms with Gasteiger partial charge in [0, 0.05) is 19.3 Å². The molecule has 0 unspecified atom stereocenters. The van der Waals surface area contributed by atoms with Crippen molar-refractivity contribution >= 4 is 29.6 Å². The number of rotatable bonds is 18. The molecule has 222 valence electrons. The number of benzene rings is 2. The Bertz CT molecular complexity index is 1150. The highest BCUT2D eigenvalue weighted by atomic mass is 16.4. The van der Waals surface area contributed by atoms with E-state index in [0.717, 1.165) is 5.56 Å². The highest BCUT2D eigenvalue weighted by Crippen LogP contribution is 2.09. The van der Waals surface area contributed by atoms with E-state index in [1.807, 2.05) is 6.07 Å². The number of nitrogens with two attached hydrogens (primary N) is 3. The van der Waals surface area contributed by atoms with Crippen LogP contribution in [0.3, 0.4) is 0 Å². The smallest absolute Gasteiger partial charge is 0.326 e. The number of hydrogen-bond donors (Lipinski definition) is 7. The maximum atomic E-state index is 13.4. The second-order valence-corrected chi connectivity index (χ2v) is 9.80. The topological polar surface area (TPSA) is 220 Å². The molecule has 4 amide bonds. The van der Waals surface area contributed by atoms with Crippen molar-refractivity contribution in [3.05, 3.63) is 71.8 Å². The van der Waals surface area contributed by atoms with Crippen molar-refractivity contribution in [2.24, 2.45) is 17.2 Å². The molecular formula is C29H40N6O6. The van der Waals surface area contributed by atoms with Crippen molar-refractivity contribution < 1.29 is 29.1 Å². The number of aliphatic carboxylic acids is 1. The van der Waals surface area contributed by atoms with Crippen LogP contribution in [0, 0.1) is 0 Å². The van der Waals surface area contributed by atoms with Crippen LogP contribution >= 0.6 is 0 Å². The number of hydrogen-bond acceptors (Lipinski definition) is 7. The van der Waals surface area contributed by atoms with E-state index >= 15 is 0 Å². The van der Waals surface area contributed by atoms with Crippen LogP contribution in [0.15, 0.2) is 60.7 Å². The molecule has 0 aliphatic rings. The molecule has 0 spiro atoms. The van der Waals surface area contributed by atoms with E-state index in [9.17, 15) is 29.1 Å². The predicted molar refractivity (Wildman–Crippen MR) is 153 cm³/mol. The Kier molecular flexibility index (Phi) is 14.0. The summed E-state index contributed by atoms with van der Waals surface area (Å²) < 4.78 is 0. The normalized spacial score (nSPS) is 13.7. The Hall–Kier alpha value is -4.29. The highest BCUT2D eigenvalue weighted by Gasteiger charge is 2.30. The minimum absolute atomic E-state index is 0.00708. The minimum Gasteiger partial charge on any atom is -0.480 e. The van der Waals surface area contributed by atoms with Gasteiger partial charge < -0.3 is 38.3 Å². The number of unbranched alkanes of at least 4 members (excludes halogenated alkanes) is 1. The van der Waals surface area contributed by atoms with E-state index in [-0.39, 0.29) is 25.7 Å². The van der Waals surface area contributed by atoms with Gasteiger partial charge in [-0.05, 0) is 36.9 Å². The number of nitrogens with one attached hydrogen (secondary N) is 3. The predicted octanol–water partition coefficient (Wildman–Crippen LogP) is -0.267. The van der Waals surface area contributed by atoms with Crippen LogP contribution < -0.4 is 33.2 Å². The number of amides is 4. The fraction of sp³-hybridized carbons (Fsp3) is 0.414. The molecule has 0 saturated heterocycles. The third kappa shape index (κ3) is 12.2. The number of carboxylic acids is 1. The summed E-state index contributed by atoms with van der Waals surface area (Å²) in [5.41, 5.74) is 18.2. The lowest BCUT2D eigenvalue weighted by atomic mass is 10.0. The second kappa shape index (κ2) is 17.4. The van der Waals surface area contributed by atoms with Gasteiger partial charge in [0.2, 0.25) is 23.6 Å². The first kappa shape index (κ1) is 32.9. The molecule has 0 heterocycles. The van der Waals surface area contributed by atoms with E-state index in [1.54, 1.807) is 54.6 Å². The van der Waals surface area contributed by atoms with Crippen LogP contribution in [0.2, 0.25) is 0 Å². The van der Waals surface area contributed by atoms with Crippen LogP contribution in [0.1, 0.15) is 43.2 Å². The molecule has 0 radical (unpaired) electrons. The molecule has 41 heavy (non-hydrogen) atoms. The zero-order valence-electron chi connectivity index (χ0n) is 23.0. The molecule has 12 nitrogen and oxygen atoms in total. The summed E-state index contributed by atoms with van der Waals surface area (Å²) >= 11 is 0. The molecule has 0 aliphatic heterocycles. The van der Waals surface area contributed by atoms with Crippen molar-refractivity contribution in [2.45, 2.75) is 69.1 Å². The SMILES string of the molecule is NCCCC[C@H](N)C(=O)N[C@@H](Cc1ccccc1)C(=O)N[C@@H](CCC(N)=O)C(=O)N[C@@H](Cc1ccccc1)C(=O)O. The Morgan fingerprint density at radius 1 is 0.683 bits per heavy atom. The van der Waals surface area contributed by atoms with Crippen molar-refractivity contribution in [3.63, 3.8) is 0 Å². The largest absolute Gasteiger partial charge is 0.480 e. The van der Waals surface area contributed by atoms with E-state index in [2.05, 4.69) is 16.0 Å². The third-order valence-electron chi connectivity index (χ3n) is 6.43. The molecule has 2 rings (SSSR count). The molecular weight excluding hydrogens is 528 g/mol. The van der Waals surface area contributed by atoms with E-state index < -0.39 is 53.8 Å². The molecule has 0 bridgehead atoms.